The third-order valence-electron chi connectivity index (χ3n) is 3.31. The van der Waals surface area contributed by atoms with Crippen molar-refractivity contribution in [2.24, 2.45) is 0 Å². The van der Waals surface area contributed by atoms with Crippen LogP contribution in [-0.2, 0) is 17.6 Å². The van der Waals surface area contributed by atoms with E-state index in [4.69, 9.17) is 0 Å². The Kier molecular flexibility index (Phi) is 6.03. The molecular weight excluding hydrogens is 301 g/mol. The summed E-state index contributed by atoms with van der Waals surface area (Å²) in [6.07, 6.45) is 0.944. The van der Waals surface area contributed by atoms with Gasteiger partial charge >= 0.3 is 0 Å². The zero-order valence-electron chi connectivity index (χ0n) is 12.7. The number of carbonyl (C=O) groups is 1. The van der Waals surface area contributed by atoms with Gasteiger partial charge in [0.1, 0.15) is 5.82 Å². The van der Waals surface area contributed by atoms with Crippen LogP contribution in [0.25, 0.3) is 0 Å². The molecule has 0 spiro atoms. The van der Waals surface area contributed by atoms with Crippen LogP contribution in [0.4, 0.5) is 4.39 Å². The summed E-state index contributed by atoms with van der Waals surface area (Å²) in [5.41, 5.74) is 1.78. The Bertz CT molecular complexity index is 612. The zero-order chi connectivity index (χ0) is 15.9. The maximum absolute atomic E-state index is 12.9. The molecule has 1 aromatic carbocycles. The molecule has 0 aliphatic heterocycles. The van der Waals surface area contributed by atoms with Gasteiger partial charge in [-0.2, -0.15) is 0 Å². The molecule has 2 rings (SSSR count). The molecule has 22 heavy (non-hydrogen) atoms. The van der Waals surface area contributed by atoms with Crippen molar-refractivity contribution < 1.29 is 9.18 Å². The predicted molar refractivity (Wildman–Crippen MR) is 86.6 cm³/mol. The van der Waals surface area contributed by atoms with Crippen LogP contribution in [0.1, 0.15) is 23.2 Å². The van der Waals surface area contributed by atoms with E-state index in [-0.39, 0.29) is 24.2 Å². The number of nitrogens with one attached hydrogen (secondary N) is 2. The van der Waals surface area contributed by atoms with Gasteiger partial charge < -0.3 is 10.6 Å². The van der Waals surface area contributed by atoms with Gasteiger partial charge in [-0.05, 0) is 31.7 Å². The summed E-state index contributed by atoms with van der Waals surface area (Å²) in [6, 6.07) is 6.64. The van der Waals surface area contributed by atoms with Crippen LogP contribution in [0, 0.1) is 5.82 Å². The molecule has 0 saturated heterocycles. The highest BCUT2D eigenvalue weighted by atomic mass is 32.1. The Morgan fingerprint density at radius 2 is 2.09 bits per heavy atom. The van der Waals surface area contributed by atoms with Crippen LogP contribution in [-0.4, -0.2) is 30.5 Å². The lowest BCUT2D eigenvalue weighted by Gasteiger charge is -2.10. The number of nitrogens with zero attached hydrogens (tertiary/aromatic N) is 1. The number of carbonyl (C=O) groups excluding carboxylic acids is 1. The number of benzene rings is 1. The first kappa shape index (κ1) is 16.6. The van der Waals surface area contributed by atoms with Crippen molar-refractivity contribution in [3.63, 3.8) is 0 Å². The van der Waals surface area contributed by atoms with Crippen molar-refractivity contribution >= 4 is 17.2 Å². The second kappa shape index (κ2) is 8.00. The summed E-state index contributed by atoms with van der Waals surface area (Å²) < 4.78 is 12.9. The van der Waals surface area contributed by atoms with E-state index in [2.05, 4.69) is 15.6 Å². The van der Waals surface area contributed by atoms with Gasteiger partial charge in [-0.3, -0.25) is 4.79 Å². The lowest BCUT2D eigenvalue weighted by Crippen LogP contribution is -2.37. The van der Waals surface area contributed by atoms with Crippen LogP contribution in [0.3, 0.4) is 0 Å². The lowest BCUT2D eigenvalue weighted by molar-refractivity contribution is -0.120. The van der Waals surface area contributed by atoms with E-state index in [1.165, 1.54) is 23.5 Å². The number of likely N-dealkylation sites (N-methyl/N-ethyl adjacent to an activating group) is 1. The third-order valence-corrected chi connectivity index (χ3v) is 4.21. The number of thiazole rings is 1. The maximum atomic E-state index is 12.9. The average molecular weight is 321 g/mol. The molecule has 1 heterocycles. The third kappa shape index (κ3) is 5.20. The molecule has 0 aliphatic rings. The van der Waals surface area contributed by atoms with Crippen LogP contribution in [0.5, 0.6) is 0 Å². The van der Waals surface area contributed by atoms with Crippen molar-refractivity contribution in [1.29, 1.82) is 0 Å². The van der Waals surface area contributed by atoms with Crippen LogP contribution in [0.15, 0.2) is 29.6 Å². The maximum Gasteiger partial charge on any atom is 0.226 e. The average Bonchev–Trinajstić information content (AvgIpc) is 2.94. The van der Waals surface area contributed by atoms with Gasteiger partial charge in [0.25, 0.3) is 0 Å². The van der Waals surface area contributed by atoms with Crippen LogP contribution >= 0.6 is 11.3 Å². The Labute approximate surface area is 133 Å². The predicted octanol–water partition coefficient (Wildman–Crippen LogP) is 2.14. The molecule has 0 aliphatic carbocycles. The standard InChI is InChI=1S/C16H20FN3OS/c1-11(18-2)9-19-15(21)8-14-10-22-16(20-14)7-12-3-5-13(17)6-4-12/h3-6,10-11,18H,7-9H2,1-2H3,(H,19,21). The van der Waals surface area contributed by atoms with Crippen LogP contribution in [0.2, 0.25) is 0 Å². The SMILES string of the molecule is CNC(C)CNC(=O)Cc1csc(Cc2ccc(F)cc2)n1. The molecular formula is C16H20FN3OS. The van der Waals surface area contributed by atoms with Gasteiger partial charge in [-0.15, -0.1) is 11.3 Å². The molecule has 4 nitrogen and oxygen atoms in total. The minimum Gasteiger partial charge on any atom is -0.354 e. The molecule has 0 radical (unpaired) electrons. The van der Waals surface area contributed by atoms with Gasteiger partial charge in [0.2, 0.25) is 5.91 Å². The summed E-state index contributed by atoms with van der Waals surface area (Å²) in [4.78, 5) is 16.3. The first-order valence-corrected chi connectivity index (χ1v) is 8.06. The van der Waals surface area contributed by atoms with Gasteiger partial charge in [0.05, 0.1) is 17.1 Å². The molecule has 6 heteroatoms. The van der Waals surface area contributed by atoms with Crippen molar-refractivity contribution in [3.8, 4) is 0 Å². The molecule has 1 aromatic heterocycles. The van der Waals surface area contributed by atoms with Gasteiger partial charge in [-0.1, -0.05) is 12.1 Å². The fourth-order valence-corrected chi connectivity index (χ4v) is 2.71. The molecule has 0 saturated carbocycles. The van der Waals surface area contributed by atoms with Crippen LogP contribution < -0.4 is 10.6 Å². The monoisotopic (exact) mass is 321 g/mol. The highest BCUT2D eigenvalue weighted by Gasteiger charge is 2.09. The second-order valence-electron chi connectivity index (χ2n) is 5.21. The van der Waals surface area contributed by atoms with E-state index < -0.39 is 0 Å². The van der Waals surface area contributed by atoms with E-state index in [9.17, 15) is 9.18 Å². The lowest BCUT2D eigenvalue weighted by atomic mass is 10.1. The summed E-state index contributed by atoms with van der Waals surface area (Å²) in [5, 5.41) is 8.76. The number of hydrogen-bond acceptors (Lipinski definition) is 4. The highest BCUT2D eigenvalue weighted by molar-refractivity contribution is 7.09. The molecule has 2 N–H and O–H groups in total. The molecule has 1 unspecified atom stereocenters. The van der Waals surface area contributed by atoms with Crippen molar-refractivity contribution in [2.75, 3.05) is 13.6 Å². The normalized spacial score (nSPS) is 12.1. The quantitative estimate of drug-likeness (QED) is 0.821. The Balaban J connectivity index is 1.85. The fraction of sp³-hybridized carbons (Fsp3) is 0.375. The number of aromatic nitrogens is 1. The highest BCUT2D eigenvalue weighted by Crippen LogP contribution is 2.15. The fourth-order valence-electron chi connectivity index (χ4n) is 1.88. The first-order chi connectivity index (χ1) is 10.6. The van der Waals surface area contributed by atoms with Gasteiger partial charge in [0.15, 0.2) is 0 Å². The molecule has 1 amide bonds. The molecule has 118 valence electrons. The van der Waals surface area contributed by atoms with E-state index in [0.717, 1.165) is 16.3 Å². The van der Waals surface area contributed by atoms with Crippen molar-refractivity contribution in [2.45, 2.75) is 25.8 Å². The first-order valence-electron chi connectivity index (χ1n) is 7.18. The summed E-state index contributed by atoms with van der Waals surface area (Å²) in [6.45, 7) is 2.60. The minimum absolute atomic E-state index is 0.0271. The molecule has 2 aromatic rings. The topological polar surface area (TPSA) is 54.0 Å². The van der Waals surface area contributed by atoms with E-state index in [1.54, 1.807) is 12.1 Å². The molecule has 1 atom stereocenters. The molecule has 0 fully saturated rings. The van der Waals surface area contributed by atoms with Crippen molar-refractivity contribution in [3.05, 3.63) is 51.7 Å². The Hall–Kier alpha value is -1.79. The van der Waals surface area contributed by atoms with E-state index >= 15 is 0 Å². The number of amides is 1. The summed E-state index contributed by atoms with van der Waals surface area (Å²) in [7, 11) is 1.86. The number of rotatable bonds is 7. The zero-order valence-corrected chi connectivity index (χ0v) is 13.5. The Morgan fingerprint density at radius 1 is 1.36 bits per heavy atom. The number of halogens is 1. The second-order valence-corrected chi connectivity index (χ2v) is 6.15. The van der Waals surface area contributed by atoms with E-state index in [1.807, 2.05) is 19.4 Å². The van der Waals surface area contributed by atoms with Gasteiger partial charge in [0, 0.05) is 24.4 Å². The minimum atomic E-state index is -0.240. The molecule has 0 bridgehead atoms. The largest absolute Gasteiger partial charge is 0.354 e. The van der Waals surface area contributed by atoms with Gasteiger partial charge in [-0.25, -0.2) is 9.37 Å². The summed E-state index contributed by atoms with van der Waals surface area (Å²) >= 11 is 1.52. The summed E-state index contributed by atoms with van der Waals surface area (Å²) in [5.74, 6) is -0.267. The van der Waals surface area contributed by atoms with E-state index in [0.29, 0.717) is 13.0 Å². The smallest absolute Gasteiger partial charge is 0.226 e. The number of hydrogen-bond donors (Lipinski definition) is 2. The van der Waals surface area contributed by atoms with Crippen molar-refractivity contribution in [1.82, 2.24) is 15.6 Å². The Morgan fingerprint density at radius 3 is 2.77 bits per heavy atom.